The van der Waals surface area contributed by atoms with Gasteiger partial charge in [0.15, 0.2) is 0 Å². The van der Waals surface area contributed by atoms with Gasteiger partial charge in [-0.3, -0.25) is 9.59 Å². The second-order valence-corrected chi connectivity index (χ2v) is 8.67. The Morgan fingerprint density at radius 3 is 2.65 bits per heavy atom. The molecule has 1 aromatic heterocycles. The fourth-order valence-corrected chi connectivity index (χ4v) is 5.12. The third-order valence-electron chi connectivity index (χ3n) is 5.94. The molecule has 6 nitrogen and oxygen atoms in total. The minimum Gasteiger partial charge on any atom is -0.383 e. The van der Waals surface area contributed by atoms with Crippen molar-refractivity contribution in [2.75, 3.05) is 46.4 Å². The molecular formula is C24H33N3O3S. The number of ether oxygens (including phenoxy) is 1. The maximum atomic E-state index is 13.5. The summed E-state index contributed by atoms with van der Waals surface area (Å²) in [6.45, 7) is 8.77. The fraction of sp³-hybridized carbons (Fsp3) is 0.500. The van der Waals surface area contributed by atoms with Crippen molar-refractivity contribution in [3.05, 3.63) is 57.8 Å². The van der Waals surface area contributed by atoms with E-state index in [0.717, 1.165) is 36.5 Å². The van der Waals surface area contributed by atoms with E-state index in [2.05, 4.69) is 24.1 Å². The van der Waals surface area contributed by atoms with Gasteiger partial charge in [0.1, 0.15) is 0 Å². The van der Waals surface area contributed by atoms with Crippen LogP contribution in [0, 0.1) is 0 Å². The van der Waals surface area contributed by atoms with Gasteiger partial charge in [-0.05, 0) is 49.1 Å². The monoisotopic (exact) mass is 443 g/mol. The van der Waals surface area contributed by atoms with Crippen molar-refractivity contribution in [1.29, 1.82) is 0 Å². The lowest BCUT2D eigenvalue weighted by molar-refractivity contribution is -0.124. The van der Waals surface area contributed by atoms with Crippen molar-refractivity contribution in [3.63, 3.8) is 0 Å². The first-order valence-corrected chi connectivity index (χ1v) is 11.9. The van der Waals surface area contributed by atoms with Crippen LogP contribution in [0.2, 0.25) is 0 Å². The zero-order valence-electron chi connectivity index (χ0n) is 18.7. The molecule has 2 aromatic rings. The number of carbonyl (C=O) groups is 2. The van der Waals surface area contributed by atoms with Crippen LogP contribution in [0.25, 0.3) is 0 Å². The molecule has 0 radical (unpaired) electrons. The second kappa shape index (κ2) is 11.4. The molecule has 0 spiro atoms. The summed E-state index contributed by atoms with van der Waals surface area (Å²) in [6.07, 6.45) is 0.901. The van der Waals surface area contributed by atoms with Crippen LogP contribution < -0.4 is 5.32 Å². The van der Waals surface area contributed by atoms with Crippen LogP contribution in [0.3, 0.4) is 0 Å². The zero-order valence-corrected chi connectivity index (χ0v) is 19.5. The van der Waals surface area contributed by atoms with E-state index in [1.165, 1.54) is 0 Å². The van der Waals surface area contributed by atoms with Crippen LogP contribution in [0.5, 0.6) is 0 Å². The Morgan fingerprint density at radius 2 is 1.97 bits per heavy atom. The summed E-state index contributed by atoms with van der Waals surface area (Å²) in [5.74, 6) is -0.519. The summed E-state index contributed by atoms with van der Waals surface area (Å²) in [6, 6.07) is 11.2. The minimum absolute atomic E-state index is 0.0275. The molecule has 0 bridgehead atoms. The summed E-state index contributed by atoms with van der Waals surface area (Å²) in [4.78, 5) is 32.0. The number of nitrogens with zero attached hydrogens (tertiary/aromatic N) is 2. The minimum atomic E-state index is -0.446. The van der Waals surface area contributed by atoms with Crippen molar-refractivity contribution >= 4 is 23.2 Å². The van der Waals surface area contributed by atoms with E-state index in [4.69, 9.17) is 4.74 Å². The summed E-state index contributed by atoms with van der Waals surface area (Å²) in [5, 5.41) is 5.14. The van der Waals surface area contributed by atoms with Crippen molar-refractivity contribution in [3.8, 4) is 0 Å². The highest BCUT2D eigenvalue weighted by atomic mass is 32.1. The summed E-state index contributed by atoms with van der Waals surface area (Å²) < 4.78 is 5.27. The van der Waals surface area contributed by atoms with E-state index in [-0.39, 0.29) is 17.9 Å². The van der Waals surface area contributed by atoms with Gasteiger partial charge < -0.3 is 19.9 Å². The van der Waals surface area contributed by atoms with Crippen molar-refractivity contribution in [2.45, 2.75) is 32.2 Å². The molecule has 0 aliphatic carbocycles. The Kier molecular flexibility index (Phi) is 8.63. The number of methoxy groups -OCH3 is 1. The number of benzene rings is 1. The van der Waals surface area contributed by atoms with Gasteiger partial charge in [-0.15, -0.1) is 11.3 Å². The second-order valence-electron chi connectivity index (χ2n) is 7.69. The number of amides is 2. The zero-order chi connectivity index (χ0) is 22.2. The summed E-state index contributed by atoms with van der Waals surface area (Å²) in [7, 11) is 1.63. The lowest BCUT2D eigenvalue weighted by atomic mass is 9.81. The molecule has 0 saturated carbocycles. The van der Waals surface area contributed by atoms with Crippen LogP contribution in [0.1, 0.15) is 53.0 Å². The van der Waals surface area contributed by atoms with E-state index in [1.807, 2.05) is 41.8 Å². The predicted molar refractivity (Wildman–Crippen MR) is 125 cm³/mol. The number of hydrogen-bond donors (Lipinski definition) is 1. The van der Waals surface area contributed by atoms with Crippen LogP contribution in [-0.4, -0.2) is 68.1 Å². The van der Waals surface area contributed by atoms with Gasteiger partial charge in [-0.2, -0.15) is 0 Å². The molecule has 1 aromatic carbocycles. The van der Waals surface area contributed by atoms with E-state index in [0.29, 0.717) is 25.3 Å². The number of carbonyl (C=O) groups excluding carboxylic acids is 2. The molecule has 1 N–H and O–H groups in total. The number of hydrogen-bond acceptors (Lipinski definition) is 5. The molecule has 2 heterocycles. The van der Waals surface area contributed by atoms with Gasteiger partial charge in [0, 0.05) is 30.6 Å². The van der Waals surface area contributed by atoms with Gasteiger partial charge in [0.05, 0.1) is 18.6 Å². The Bertz CT molecular complexity index is 852. The largest absolute Gasteiger partial charge is 0.383 e. The van der Waals surface area contributed by atoms with Gasteiger partial charge in [0.25, 0.3) is 5.91 Å². The average Bonchev–Trinajstić information content (AvgIpc) is 3.33. The molecule has 2 unspecified atom stereocenters. The lowest BCUT2D eigenvalue weighted by Gasteiger charge is -2.41. The molecule has 168 valence electrons. The highest BCUT2D eigenvalue weighted by Gasteiger charge is 2.44. The maximum Gasteiger partial charge on any atom is 0.254 e. The van der Waals surface area contributed by atoms with Crippen LogP contribution in [0.15, 0.2) is 41.8 Å². The van der Waals surface area contributed by atoms with Crippen molar-refractivity contribution in [1.82, 2.24) is 15.1 Å². The van der Waals surface area contributed by atoms with Crippen molar-refractivity contribution in [2.24, 2.45) is 0 Å². The average molecular weight is 444 g/mol. The maximum absolute atomic E-state index is 13.5. The SMILES string of the molecule is CCN(CC)CCCNC(=O)C1c2ccccc2C(=O)N(CCOC)C1c1cccs1. The lowest BCUT2D eigenvalue weighted by Crippen LogP contribution is -2.48. The van der Waals surface area contributed by atoms with E-state index in [9.17, 15) is 9.59 Å². The summed E-state index contributed by atoms with van der Waals surface area (Å²) >= 11 is 1.58. The predicted octanol–water partition coefficient (Wildman–Crippen LogP) is 3.52. The third-order valence-corrected chi connectivity index (χ3v) is 6.88. The Balaban J connectivity index is 1.87. The first kappa shape index (κ1) is 23.4. The smallest absolute Gasteiger partial charge is 0.254 e. The Hall–Kier alpha value is -2.22. The topological polar surface area (TPSA) is 61.9 Å². The van der Waals surface area contributed by atoms with Gasteiger partial charge in [-0.25, -0.2) is 0 Å². The molecule has 0 fully saturated rings. The van der Waals surface area contributed by atoms with Crippen LogP contribution in [0.4, 0.5) is 0 Å². The molecule has 7 heteroatoms. The molecule has 0 saturated heterocycles. The fourth-order valence-electron chi connectivity index (χ4n) is 4.25. The normalized spacial score (nSPS) is 18.3. The van der Waals surface area contributed by atoms with Crippen molar-refractivity contribution < 1.29 is 14.3 Å². The number of thiophene rings is 1. The molecule has 3 rings (SSSR count). The molecule has 1 aliphatic rings. The third kappa shape index (κ3) is 5.34. The number of rotatable bonds is 11. The quantitative estimate of drug-likeness (QED) is 0.540. The molecule has 1 aliphatic heterocycles. The Morgan fingerprint density at radius 1 is 1.19 bits per heavy atom. The van der Waals surface area contributed by atoms with E-state index >= 15 is 0 Å². The molecule has 2 atom stereocenters. The van der Waals surface area contributed by atoms with Gasteiger partial charge >= 0.3 is 0 Å². The van der Waals surface area contributed by atoms with E-state index < -0.39 is 5.92 Å². The molecular weight excluding hydrogens is 410 g/mol. The van der Waals surface area contributed by atoms with Gasteiger partial charge in [-0.1, -0.05) is 38.1 Å². The van der Waals surface area contributed by atoms with Crippen LogP contribution >= 0.6 is 11.3 Å². The highest BCUT2D eigenvalue weighted by molar-refractivity contribution is 7.10. The standard InChI is InChI=1S/C24H33N3O3S/c1-4-26(5-2)14-9-13-25-23(28)21-18-10-6-7-11-19(18)24(29)27(15-16-30-3)22(21)20-12-8-17-31-20/h6-8,10-12,17,21-22H,4-5,9,13-16H2,1-3H3,(H,25,28). The molecule has 31 heavy (non-hydrogen) atoms. The first-order valence-electron chi connectivity index (χ1n) is 11.0. The first-order chi connectivity index (χ1) is 15.1. The number of nitrogens with one attached hydrogen (secondary N) is 1. The molecule has 2 amide bonds. The summed E-state index contributed by atoms with van der Waals surface area (Å²) in [5.41, 5.74) is 1.41. The van der Waals surface area contributed by atoms with Gasteiger partial charge in [0.2, 0.25) is 5.91 Å². The number of fused-ring (bicyclic) bond motifs is 1. The van der Waals surface area contributed by atoms with Crippen LogP contribution in [-0.2, 0) is 9.53 Å². The highest BCUT2D eigenvalue weighted by Crippen LogP contribution is 2.44. The Labute approximate surface area is 189 Å². The van der Waals surface area contributed by atoms with E-state index in [1.54, 1.807) is 23.3 Å².